The molecule has 1 aromatic carbocycles. The summed E-state index contributed by atoms with van der Waals surface area (Å²) in [5, 5.41) is 0. The smallest absolute Gasteiger partial charge is 0.179 e. The van der Waals surface area contributed by atoms with Crippen LogP contribution < -0.4 is 10.5 Å². The number of halogens is 2. The second kappa shape index (κ2) is 5.47. The molecule has 0 spiro atoms. The maximum atomic E-state index is 13.7. The lowest BCUT2D eigenvalue weighted by Crippen LogP contribution is -2.07. The molecule has 0 aromatic heterocycles. The standard InChI is InChI=1S/C11H15BrFNO/c1-7(2)6-15-9-4-3-8(5-14)10(12)11(9)13/h3-4,7H,5-6,14H2,1-2H3. The number of hydrogen-bond acceptors (Lipinski definition) is 2. The van der Waals surface area contributed by atoms with Gasteiger partial charge in [0.2, 0.25) is 0 Å². The summed E-state index contributed by atoms with van der Waals surface area (Å²) in [5.74, 6) is 0.267. The minimum Gasteiger partial charge on any atom is -0.490 e. The zero-order valence-electron chi connectivity index (χ0n) is 8.89. The largest absolute Gasteiger partial charge is 0.490 e. The summed E-state index contributed by atoms with van der Waals surface area (Å²) >= 11 is 3.16. The monoisotopic (exact) mass is 275 g/mol. The van der Waals surface area contributed by atoms with Gasteiger partial charge in [0.1, 0.15) is 0 Å². The lowest BCUT2D eigenvalue weighted by molar-refractivity contribution is 0.259. The Morgan fingerprint density at radius 2 is 2.13 bits per heavy atom. The molecule has 0 aliphatic rings. The third-order valence-electron chi connectivity index (χ3n) is 1.92. The Balaban J connectivity index is 2.87. The molecule has 1 aromatic rings. The van der Waals surface area contributed by atoms with Gasteiger partial charge in [0.15, 0.2) is 11.6 Å². The van der Waals surface area contributed by atoms with Crippen LogP contribution in [0.1, 0.15) is 19.4 Å². The molecule has 0 amide bonds. The third kappa shape index (κ3) is 3.18. The van der Waals surface area contributed by atoms with Gasteiger partial charge in [-0.25, -0.2) is 4.39 Å². The molecular weight excluding hydrogens is 261 g/mol. The molecule has 84 valence electrons. The molecule has 0 aliphatic heterocycles. The van der Waals surface area contributed by atoms with Gasteiger partial charge in [0.25, 0.3) is 0 Å². The molecule has 0 saturated heterocycles. The number of hydrogen-bond donors (Lipinski definition) is 1. The molecule has 0 unspecified atom stereocenters. The molecule has 0 heterocycles. The van der Waals surface area contributed by atoms with Crippen molar-refractivity contribution in [3.63, 3.8) is 0 Å². The maximum absolute atomic E-state index is 13.7. The predicted octanol–water partition coefficient (Wildman–Crippen LogP) is 3.08. The topological polar surface area (TPSA) is 35.2 Å². The van der Waals surface area contributed by atoms with Crippen molar-refractivity contribution in [1.82, 2.24) is 0 Å². The summed E-state index contributed by atoms with van der Waals surface area (Å²) in [6.45, 7) is 4.84. The van der Waals surface area contributed by atoms with Crippen LogP contribution in [0.25, 0.3) is 0 Å². The van der Waals surface area contributed by atoms with Crippen molar-refractivity contribution >= 4 is 15.9 Å². The predicted molar refractivity (Wildman–Crippen MR) is 62.3 cm³/mol. The normalized spacial score (nSPS) is 10.8. The van der Waals surface area contributed by atoms with Crippen molar-refractivity contribution in [3.8, 4) is 5.75 Å². The number of rotatable bonds is 4. The van der Waals surface area contributed by atoms with E-state index in [1.165, 1.54) is 0 Å². The third-order valence-corrected chi connectivity index (χ3v) is 2.78. The zero-order chi connectivity index (χ0) is 11.4. The highest BCUT2D eigenvalue weighted by Crippen LogP contribution is 2.28. The second-order valence-corrected chi connectivity index (χ2v) is 4.55. The van der Waals surface area contributed by atoms with Gasteiger partial charge < -0.3 is 10.5 Å². The van der Waals surface area contributed by atoms with E-state index in [0.717, 1.165) is 5.56 Å². The van der Waals surface area contributed by atoms with Crippen LogP contribution in [-0.4, -0.2) is 6.61 Å². The lowest BCUT2D eigenvalue weighted by atomic mass is 10.2. The van der Waals surface area contributed by atoms with Gasteiger partial charge in [0, 0.05) is 6.54 Å². The Bertz CT molecular complexity index is 342. The van der Waals surface area contributed by atoms with E-state index in [-0.39, 0.29) is 11.6 Å². The van der Waals surface area contributed by atoms with Gasteiger partial charge in [-0.2, -0.15) is 0 Å². The van der Waals surface area contributed by atoms with Crippen molar-refractivity contribution in [2.45, 2.75) is 20.4 Å². The van der Waals surface area contributed by atoms with E-state index in [1.54, 1.807) is 12.1 Å². The van der Waals surface area contributed by atoms with Crippen molar-refractivity contribution in [3.05, 3.63) is 28.0 Å². The molecule has 0 fully saturated rings. The van der Waals surface area contributed by atoms with Crippen LogP contribution >= 0.6 is 15.9 Å². The van der Waals surface area contributed by atoms with Gasteiger partial charge >= 0.3 is 0 Å². The van der Waals surface area contributed by atoms with Crippen LogP contribution in [0.15, 0.2) is 16.6 Å². The van der Waals surface area contributed by atoms with Gasteiger partial charge in [-0.05, 0) is 33.5 Å². The summed E-state index contributed by atoms with van der Waals surface area (Å²) < 4.78 is 19.4. The highest BCUT2D eigenvalue weighted by molar-refractivity contribution is 9.10. The van der Waals surface area contributed by atoms with Crippen molar-refractivity contribution in [1.29, 1.82) is 0 Å². The minimum atomic E-state index is -0.376. The molecule has 0 atom stereocenters. The van der Waals surface area contributed by atoms with E-state index in [0.29, 0.717) is 23.5 Å². The minimum absolute atomic E-state index is 0.271. The van der Waals surface area contributed by atoms with Crippen molar-refractivity contribution < 1.29 is 9.13 Å². The highest BCUT2D eigenvalue weighted by atomic mass is 79.9. The van der Waals surface area contributed by atoms with Crippen molar-refractivity contribution in [2.75, 3.05) is 6.61 Å². The molecule has 0 radical (unpaired) electrons. The fourth-order valence-corrected chi connectivity index (χ4v) is 1.59. The first kappa shape index (κ1) is 12.5. The Kier molecular flexibility index (Phi) is 4.54. The van der Waals surface area contributed by atoms with Crippen LogP contribution in [-0.2, 0) is 6.54 Å². The van der Waals surface area contributed by atoms with E-state index in [1.807, 2.05) is 13.8 Å². The first-order valence-electron chi connectivity index (χ1n) is 4.86. The van der Waals surface area contributed by atoms with E-state index in [9.17, 15) is 4.39 Å². The number of nitrogens with two attached hydrogens (primary N) is 1. The lowest BCUT2D eigenvalue weighted by Gasteiger charge is -2.11. The average Bonchev–Trinajstić information content (AvgIpc) is 2.20. The number of ether oxygens (including phenoxy) is 1. The molecule has 15 heavy (non-hydrogen) atoms. The summed E-state index contributed by atoms with van der Waals surface area (Å²) in [6, 6.07) is 3.38. The molecule has 2 nitrogen and oxygen atoms in total. The van der Waals surface area contributed by atoms with Crippen LogP contribution in [0.4, 0.5) is 4.39 Å². The molecule has 0 aliphatic carbocycles. The molecule has 2 N–H and O–H groups in total. The summed E-state index contributed by atoms with van der Waals surface area (Å²) in [5.41, 5.74) is 6.19. The Labute approximate surface area is 97.7 Å². The van der Waals surface area contributed by atoms with Crippen LogP contribution in [0.3, 0.4) is 0 Å². The molecule has 4 heteroatoms. The first-order chi connectivity index (χ1) is 7.06. The van der Waals surface area contributed by atoms with E-state index >= 15 is 0 Å². The van der Waals surface area contributed by atoms with Gasteiger partial charge in [-0.1, -0.05) is 19.9 Å². The van der Waals surface area contributed by atoms with E-state index < -0.39 is 0 Å². The fourth-order valence-electron chi connectivity index (χ4n) is 1.10. The molecule has 0 bridgehead atoms. The van der Waals surface area contributed by atoms with Gasteiger partial charge in [-0.3, -0.25) is 0 Å². The maximum Gasteiger partial charge on any atom is 0.179 e. The highest BCUT2D eigenvalue weighted by Gasteiger charge is 2.11. The van der Waals surface area contributed by atoms with E-state index in [4.69, 9.17) is 10.5 Å². The van der Waals surface area contributed by atoms with Gasteiger partial charge in [-0.15, -0.1) is 0 Å². The molecule has 1 rings (SSSR count). The zero-order valence-corrected chi connectivity index (χ0v) is 10.5. The summed E-state index contributed by atoms with van der Waals surface area (Å²) in [6.07, 6.45) is 0. The van der Waals surface area contributed by atoms with E-state index in [2.05, 4.69) is 15.9 Å². The Morgan fingerprint density at radius 3 is 2.67 bits per heavy atom. The quantitative estimate of drug-likeness (QED) is 0.917. The summed E-state index contributed by atoms with van der Waals surface area (Å²) in [7, 11) is 0. The number of benzene rings is 1. The average molecular weight is 276 g/mol. The Hall–Kier alpha value is -0.610. The molecular formula is C11H15BrFNO. The van der Waals surface area contributed by atoms with Gasteiger partial charge in [0.05, 0.1) is 11.1 Å². The first-order valence-corrected chi connectivity index (χ1v) is 5.65. The van der Waals surface area contributed by atoms with Crippen LogP contribution in [0.5, 0.6) is 5.75 Å². The van der Waals surface area contributed by atoms with Crippen LogP contribution in [0, 0.1) is 11.7 Å². The fraction of sp³-hybridized carbons (Fsp3) is 0.455. The Morgan fingerprint density at radius 1 is 1.47 bits per heavy atom. The SMILES string of the molecule is CC(C)COc1ccc(CN)c(Br)c1F. The summed E-state index contributed by atoms with van der Waals surface area (Å²) in [4.78, 5) is 0. The molecule has 0 saturated carbocycles. The van der Waals surface area contributed by atoms with Crippen LogP contribution in [0.2, 0.25) is 0 Å². The second-order valence-electron chi connectivity index (χ2n) is 3.76. The van der Waals surface area contributed by atoms with Crippen molar-refractivity contribution in [2.24, 2.45) is 11.7 Å².